The smallest absolute Gasteiger partial charge is 0.244 e. The van der Waals surface area contributed by atoms with Crippen molar-refractivity contribution in [2.75, 3.05) is 0 Å². The summed E-state index contributed by atoms with van der Waals surface area (Å²) in [6.07, 6.45) is 0.305. The lowest BCUT2D eigenvalue weighted by molar-refractivity contribution is -0.120. The molecule has 3 rings (SSSR count). The summed E-state index contributed by atoms with van der Waals surface area (Å²) >= 11 is 3.38. The van der Waals surface area contributed by atoms with Crippen molar-refractivity contribution >= 4 is 38.3 Å². The van der Waals surface area contributed by atoms with E-state index in [9.17, 15) is 4.79 Å². The van der Waals surface area contributed by atoms with Crippen molar-refractivity contribution in [2.45, 2.75) is 13.3 Å². The van der Waals surface area contributed by atoms with Crippen LogP contribution in [-0.4, -0.2) is 11.6 Å². The van der Waals surface area contributed by atoms with Crippen LogP contribution in [0.5, 0.6) is 0 Å². The number of carbonyl (C=O) groups is 1. The molecule has 0 bridgehead atoms. The molecule has 0 heterocycles. The molecular weight excluding hydrogens is 364 g/mol. The SMILES string of the molecule is C/C(=N/NC(=O)Cc1ccc(Br)cc1)c1cccc2ccccc12. The van der Waals surface area contributed by atoms with Gasteiger partial charge in [0.2, 0.25) is 5.91 Å². The zero-order valence-electron chi connectivity index (χ0n) is 13.3. The molecule has 0 radical (unpaired) electrons. The van der Waals surface area contributed by atoms with E-state index in [-0.39, 0.29) is 5.91 Å². The third kappa shape index (κ3) is 3.89. The summed E-state index contributed by atoms with van der Waals surface area (Å²) in [7, 11) is 0. The first-order chi connectivity index (χ1) is 11.6. The first-order valence-electron chi connectivity index (χ1n) is 7.69. The maximum Gasteiger partial charge on any atom is 0.244 e. The zero-order valence-corrected chi connectivity index (χ0v) is 14.9. The van der Waals surface area contributed by atoms with Crippen LogP contribution >= 0.6 is 15.9 Å². The highest BCUT2D eigenvalue weighted by molar-refractivity contribution is 9.10. The van der Waals surface area contributed by atoms with Gasteiger partial charge in [0, 0.05) is 10.0 Å². The van der Waals surface area contributed by atoms with Crippen LogP contribution in [0, 0.1) is 0 Å². The van der Waals surface area contributed by atoms with Crippen molar-refractivity contribution in [3.8, 4) is 0 Å². The molecule has 0 saturated carbocycles. The second-order valence-electron chi connectivity index (χ2n) is 5.56. The molecule has 0 aliphatic heterocycles. The lowest BCUT2D eigenvalue weighted by Crippen LogP contribution is -2.21. The molecule has 120 valence electrons. The number of hydrazone groups is 1. The fraction of sp³-hybridized carbons (Fsp3) is 0.100. The van der Waals surface area contributed by atoms with Gasteiger partial charge in [0.25, 0.3) is 0 Å². The molecule has 1 amide bonds. The Hall–Kier alpha value is -2.46. The summed E-state index contributed by atoms with van der Waals surface area (Å²) in [5.41, 5.74) is 5.41. The Morgan fingerprint density at radius 3 is 2.50 bits per heavy atom. The molecule has 0 aromatic heterocycles. The number of halogens is 1. The minimum absolute atomic E-state index is 0.128. The minimum Gasteiger partial charge on any atom is -0.273 e. The number of benzene rings is 3. The number of nitrogens with zero attached hydrogens (tertiary/aromatic N) is 1. The number of carbonyl (C=O) groups excluding carboxylic acids is 1. The third-order valence-electron chi connectivity index (χ3n) is 3.81. The molecule has 0 spiro atoms. The summed E-state index contributed by atoms with van der Waals surface area (Å²) < 4.78 is 0.997. The van der Waals surface area contributed by atoms with Gasteiger partial charge in [0.1, 0.15) is 0 Å². The fourth-order valence-corrected chi connectivity index (χ4v) is 2.84. The van der Waals surface area contributed by atoms with Gasteiger partial charge >= 0.3 is 0 Å². The summed E-state index contributed by atoms with van der Waals surface area (Å²) in [5, 5.41) is 6.55. The van der Waals surface area contributed by atoms with Crippen molar-refractivity contribution in [1.82, 2.24) is 5.43 Å². The van der Waals surface area contributed by atoms with E-state index < -0.39 is 0 Å². The first-order valence-corrected chi connectivity index (χ1v) is 8.48. The van der Waals surface area contributed by atoms with E-state index in [2.05, 4.69) is 44.7 Å². The van der Waals surface area contributed by atoms with Crippen LogP contribution in [0.3, 0.4) is 0 Å². The average Bonchev–Trinajstić information content (AvgIpc) is 2.61. The lowest BCUT2D eigenvalue weighted by atomic mass is 10.0. The Kier molecular flexibility index (Phi) is 5.06. The number of hydrogen-bond donors (Lipinski definition) is 1. The quantitative estimate of drug-likeness (QED) is 0.517. The van der Waals surface area contributed by atoms with Crippen molar-refractivity contribution in [2.24, 2.45) is 5.10 Å². The third-order valence-corrected chi connectivity index (χ3v) is 4.33. The Bertz CT molecular complexity index is 896. The summed E-state index contributed by atoms with van der Waals surface area (Å²) in [4.78, 5) is 12.1. The van der Waals surface area contributed by atoms with Crippen LogP contribution in [-0.2, 0) is 11.2 Å². The van der Waals surface area contributed by atoms with Gasteiger partial charge in [0.05, 0.1) is 12.1 Å². The maximum atomic E-state index is 12.1. The van der Waals surface area contributed by atoms with Crippen molar-refractivity contribution in [3.05, 3.63) is 82.3 Å². The van der Waals surface area contributed by atoms with Crippen LogP contribution in [0.15, 0.2) is 76.3 Å². The molecule has 4 heteroatoms. The van der Waals surface area contributed by atoms with E-state index in [1.807, 2.05) is 55.5 Å². The number of fused-ring (bicyclic) bond motifs is 1. The van der Waals surface area contributed by atoms with Gasteiger partial charge < -0.3 is 0 Å². The van der Waals surface area contributed by atoms with E-state index in [1.165, 1.54) is 0 Å². The van der Waals surface area contributed by atoms with E-state index in [0.717, 1.165) is 32.1 Å². The largest absolute Gasteiger partial charge is 0.273 e. The zero-order chi connectivity index (χ0) is 16.9. The van der Waals surface area contributed by atoms with Gasteiger partial charge in [-0.1, -0.05) is 70.5 Å². The van der Waals surface area contributed by atoms with Crippen LogP contribution in [0.25, 0.3) is 10.8 Å². The average molecular weight is 381 g/mol. The summed E-state index contributed by atoms with van der Waals surface area (Å²) in [5.74, 6) is -0.128. The van der Waals surface area contributed by atoms with E-state index >= 15 is 0 Å². The molecular formula is C20H17BrN2O. The van der Waals surface area contributed by atoms with Gasteiger partial charge in [-0.15, -0.1) is 0 Å². The fourth-order valence-electron chi connectivity index (χ4n) is 2.57. The number of rotatable bonds is 4. The molecule has 3 aromatic carbocycles. The highest BCUT2D eigenvalue weighted by Gasteiger charge is 2.06. The molecule has 0 aliphatic rings. The van der Waals surface area contributed by atoms with E-state index in [1.54, 1.807) is 0 Å². The molecule has 24 heavy (non-hydrogen) atoms. The summed E-state index contributed by atoms with van der Waals surface area (Å²) in [6.45, 7) is 1.90. The molecule has 0 aliphatic carbocycles. The summed E-state index contributed by atoms with van der Waals surface area (Å²) in [6, 6.07) is 21.9. The Balaban J connectivity index is 1.73. The van der Waals surface area contributed by atoms with Gasteiger partial charge in [-0.3, -0.25) is 4.79 Å². The molecule has 3 aromatic rings. The van der Waals surface area contributed by atoms with Crippen molar-refractivity contribution < 1.29 is 4.79 Å². The number of hydrogen-bond acceptors (Lipinski definition) is 2. The van der Waals surface area contributed by atoms with Gasteiger partial charge in [-0.25, -0.2) is 5.43 Å². The standard InChI is InChI=1S/C20H17BrN2O/c1-14(18-8-4-6-16-5-2-3-7-19(16)18)22-23-20(24)13-15-9-11-17(21)12-10-15/h2-12H,13H2,1H3,(H,23,24)/b22-14-. The first kappa shape index (κ1) is 16.4. The molecule has 1 N–H and O–H groups in total. The number of nitrogens with one attached hydrogen (secondary N) is 1. The predicted molar refractivity (Wildman–Crippen MR) is 102 cm³/mol. The Morgan fingerprint density at radius 1 is 1.00 bits per heavy atom. The second-order valence-corrected chi connectivity index (χ2v) is 6.48. The second kappa shape index (κ2) is 7.41. The van der Waals surface area contributed by atoms with Crippen LogP contribution in [0.1, 0.15) is 18.1 Å². The van der Waals surface area contributed by atoms with Gasteiger partial charge in [-0.05, 0) is 35.4 Å². The van der Waals surface area contributed by atoms with Crippen LogP contribution in [0.4, 0.5) is 0 Å². The monoisotopic (exact) mass is 380 g/mol. The predicted octanol–water partition coefficient (Wildman–Crippen LogP) is 4.69. The van der Waals surface area contributed by atoms with Crippen LogP contribution < -0.4 is 5.43 Å². The normalized spacial score (nSPS) is 11.5. The molecule has 0 fully saturated rings. The van der Waals surface area contributed by atoms with Crippen molar-refractivity contribution in [1.29, 1.82) is 0 Å². The van der Waals surface area contributed by atoms with E-state index in [0.29, 0.717) is 6.42 Å². The molecule has 0 atom stereocenters. The Labute approximate surface area is 149 Å². The maximum absolute atomic E-state index is 12.1. The van der Waals surface area contributed by atoms with Crippen LogP contribution in [0.2, 0.25) is 0 Å². The van der Waals surface area contributed by atoms with Gasteiger partial charge in [0.15, 0.2) is 0 Å². The van der Waals surface area contributed by atoms with Gasteiger partial charge in [-0.2, -0.15) is 5.10 Å². The Morgan fingerprint density at radius 2 is 1.71 bits per heavy atom. The highest BCUT2D eigenvalue weighted by atomic mass is 79.9. The molecule has 0 unspecified atom stereocenters. The van der Waals surface area contributed by atoms with E-state index in [4.69, 9.17) is 0 Å². The lowest BCUT2D eigenvalue weighted by Gasteiger charge is -2.07. The minimum atomic E-state index is -0.128. The topological polar surface area (TPSA) is 41.5 Å². The highest BCUT2D eigenvalue weighted by Crippen LogP contribution is 2.19. The van der Waals surface area contributed by atoms with Crippen molar-refractivity contribution in [3.63, 3.8) is 0 Å². The molecule has 3 nitrogen and oxygen atoms in total. The number of amides is 1. The molecule has 0 saturated heterocycles.